The molecule has 6 aliphatic rings. The number of H-pyrrole nitrogens is 1. The Bertz CT molecular complexity index is 2130. The van der Waals surface area contributed by atoms with Crippen molar-refractivity contribution in [2.75, 3.05) is 51.8 Å². The number of hydrogen-bond acceptors (Lipinski definition) is 9. The Hall–Kier alpha value is -3.70. The second kappa shape index (κ2) is 12.9. The lowest BCUT2D eigenvalue weighted by Gasteiger charge is -2.67. The predicted octanol–water partition coefficient (Wildman–Crippen LogP) is 5.43. The molecule has 5 aliphatic heterocycles. The standard InChI is InChI=1S/C46H60N4O6/c1-8-43(53)24-30-23-42(5,37-33(15-19-49(26-30)27-43)32-13-10-11-14-35(32)47-37)34-22-31-25-45-17-20-50-18-12-16-44(9-2,38(45)50)40(56-29(4)51)46(54,41(52)55-7)39(45)48(6)36(31)21-28(34)3/h10-14,16,21-22,30,38-40,47,53-54H,8-9,15,17-20,23-27H2,1-7H3/t30-,38+,39-,40-,42-,43+,44-,45-,46?/m1/s1. The third-order valence-corrected chi connectivity index (χ3v) is 15.7. The summed E-state index contributed by atoms with van der Waals surface area (Å²) in [7, 11) is 3.32. The minimum Gasteiger partial charge on any atom is -0.467 e. The summed E-state index contributed by atoms with van der Waals surface area (Å²) in [4.78, 5) is 38.2. The van der Waals surface area contributed by atoms with E-state index in [1.165, 1.54) is 41.8 Å². The van der Waals surface area contributed by atoms with Crippen LogP contribution < -0.4 is 4.90 Å². The average Bonchev–Trinajstić information content (AvgIpc) is 3.75. The number of esters is 2. The molecule has 3 aromatic rings. The van der Waals surface area contributed by atoms with Crippen LogP contribution >= 0.6 is 0 Å². The van der Waals surface area contributed by atoms with Gasteiger partial charge in [-0.15, -0.1) is 0 Å². The lowest BCUT2D eigenvalue weighted by molar-refractivity contribution is -0.240. The first-order valence-corrected chi connectivity index (χ1v) is 21.0. The van der Waals surface area contributed by atoms with Crippen LogP contribution in [0.3, 0.4) is 0 Å². The molecule has 6 heterocycles. The lowest BCUT2D eigenvalue weighted by atomic mass is 9.46. The summed E-state index contributed by atoms with van der Waals surface area (Å²) in [6.07, 6.45) is 8.45. The van der Waals surface area contributed by atoms with Crippen molar-refractivity contribution in [3.05, 3.63) is 76.5 Å². The first-order valence-electron chi connectivity index (χ1n) is 21.0. The molecule has 0 radical (unpaired) electrons. The van der Waals surface area contributed by atoms with Gasteiger partial charge in [-0.2, -0.15) is 0 Å². The first-order chi connectivity index (χ1) is 26.7. The van der Waals surface area contributed by atoms with Gasteiger partial charge in [0.2, 0.25) is 5.60 Å². The number of nitrogens with zero attached hydrogens (tertiary/aromatic N) is 3. The fourth-order valence-corrected chi connectivity index (χ4v) is 13.8. The molecule has 1 aromatic heterocycles. The monoisotopic (exact) mass is 764 g/mol. The van der Waals surface area contributed by atoms with E-state index in [1.54, 1.807) is 0 Å². The number of fused-ring (bicyclic) bond motifs is 6. The molecule has 2 saturated heterocycles. The molecular formula is C46H60N4O6. The summed E-state index contributed by atoms with van der Waals surface area (Å²) in [5.41, 5.74) is 3.81. The number of para-hydroxylation sites is 1. The van der Waals surface area contributed by atoms with Gasteiger partial charge >= 0.3 is 11.9 Å². The second-order valence-electron chi connectivity index (χ2n) is 18.7. The Balaban J connectivity index is 1.25. The largest absolute Gasteiger partial charge is 0.467 e. The van der Waals surface area contributed by atoms with Crippen LogP contribution in [0.2, 0.25) is 0 Å². The number of carbonyl (C=O) groups is 2. The van der Waals surface area contributed by atoms with Gasteiger partial charge in [-0.25, -0.2) is 4.79 Å². The highest BCUT2D eigenvalue weighted by Gasteiger charge is 2.78. The summed E-state index contributed by atoms with van der Waals surface area (Å²) in [6.45, 7) is 14.3. The van der Waals surface area contributed by atoms with E-state index < -0.39 is 51.5 Å². The van der Waals surface area contributed by atoms with Crippen LogP contribution in [0, 0.1) is 23.7 Å². The lowest BCUT2D eigenvalue weighted by Crippen LogP contribution is -2.82. The van der Waals surface area contributed by atoms with Gasteiger partial charge in [0.15, 0.2) is 6.10 Å². The van der Waals surface area contributed by atoms with Crippen molar-refractivity contribution in [1.82, 2.24) is 14.8 Å². The number of aromatic amines is 1. The molecule has 2 unspecified atom stereocenters. The zero-order valence-electron chi connectivity index (χ0n) is 34.3. The van der Waals surface area contributed by atoms with Crippen molar-refractivity contribution in [1.29, 1.82) is 0 Å². The maximum absolute atomic E-state index is 14.2. The van der Waals surface area contributed by atoms with Gasteiger partial charge in [0.05, 0.1) is 18.8 Å². The highest BCUT2D eigenvalue weighted by atomic mass is 16.6. The normalized spacial score (nSPS) is 38.7. The van der Waals surface area contributed by atoms with Gasteiger partial charge in [0.1, 0.15) is 0 Å². The van der Waals surface area contributed by atoms with Crippen LogP contribution in [0.25, 0.3) is 10.9 Å². The molecule has 1 aliphatic carbocycles. The van der Waals surface area contributed by atoms with E-state index in [-0.39, 0.29) is 6.04 Å². The number of aromatic nitrogens is 1. The number of nitrogens with one attached hydrogen (secondary N) is 1. The van der Waals surface area contributed by atoms with Crippen LogP contribution in [0.15, 0.2) is 48.6 Å². The van der Waals surface area contributed by atoms with Crippen LogP contribution in [0.4, 0.5) is 5.69 Å². The quantitative estimate of drug-likeness (QED) is 0.231. The molecule has 10 atom stereocenters. The topological polar surface area (TPSA) is 119 Å². The van der Waals surface area contributed by atoms with E-state index in [4.69, 9.17) is 9.47 Å². The number of ether oxygens (including phenoxy) is 2. The van der Waals surface area contributed by atoms with Gasteiger partial charge < -0.3 is 29.6 Å². The molecule has 9 rings (SSSR count). The van der Waals surface area contributed by atoms with Crippen LogP contribution in [-0.4, -0.2) is 113 Å². The van der Waals surface area contributed by atoms with Crippen molar-refractivity contribution in [3.8, 4) is 0 Å². The van der Waals surface area contributed by atoms with E-state index >= 15 is 0 Å². The number of likely N-dealkylation sites (N-methyl/N-ethyl adjacent to an activating group) is 1. The molecule has 2 aromatic carbocycles. The molecular weight excluding hydrogens is 705 g/mol. The Morgan fingerprint density at radius 2 is 1.84 bits per heavy atom. The van der Waals surface area contributed by atoms with Gasteiger partial charge in [0.25, 0.3) is 0 Å². The second-order valence-corrected chi connectivity index (χ2v) is 18.7. The molecule has 2 bridgehead atoms. The van der Waals surface area contributed by atoms with Gasteiger partial charge in [0, 0.05) is 84.7 Å². The molecule has 1 saturated carbocycles. The number of aliphatic hydroxyl groups is 2. The number of hydrogen-bond donors (Lipinski definition) is 3. The Morgan fingerprint density at radius 3 is 2.57 bits per heavy atom. The number of methoxy groups -OCH3 is 1. The van der Waals surface area contributed by atoms with E-state index in [2.05, 4.69) is 95.9 Å². The summed E-state index contributed by atoms with van der Waals surface area (Å²) in [6, 6.07) is 12.6. The minimum absolute atomic E-state index is 0.0784. The fourth-order valence-electron chi connectivity index (χ4n) is 13.8. The summed E-state index contributed by atoms with van der Waals surface area (Å²) >= 11 is 0. The van der Waals surface area contributed by atoms with Gasteiger partial charge in [-0.3, -0.25) is 14.6 Å². The molecule has 10 nitrogen and oxygen atoms in total. The maximum atomic E-state index is 14.2. The minimum atomic E-state index is -2.13. The van der Waals surface area contributed by atoms with E-state index in [0.29, 0.717) is 25.3 Å². The van der Waals surface area contributed by atoms with E-state index in [9.17, 15) is 19.8 Å². The molecule has 56 heavy (non-hydrogen) atoms. The number of anilines is 1. The van der Waals surface area contributed by atoms with Crippen LogP contribution in [0.1, 0.15) is 87.7 Å². The highest BCUT2D eigenvalue weighted by molar-refractivity contribution is 5.86. The number of piperidine rings is 1. The molecule has 3 N–H and O–H groups in total. The fraction of sp³-hybridized carbons (Fsp3) is 0.609. The number of aryl methyl sites for hydroxylation is 1. The van der Waals surface area contributed by atoms with Crippen molar-refractivity contribution >= 4 is 28.5 Å². The molecule has 10 heteroatoms. The number of carbonyl (C=O) groups excluding carboxylic acids is 2. The Morgan fingerprint density at radius 1 is 1.05 bits per heavy atom. The Kier molecular flexibility index (Phi) is 8.72. The van der Waals surface area contributed by atoms with Crippen molar-refractivity contribution in [3.63, 3.8) is 0 Å². The highest BCUT2D eigenvalue weighted by Crippen LogP contribution is 2.66. The first kappa shape index (κ1) is 37.9. The molecule has 3 fully saturated rings. The third-order valence-electron chi connectivity index (χ3n) is 15.7. The van der Waals surface area contributed by atoms with Crippen molar-refractivity contribution < 1.29 is 29.3 Å². The van der Waals surface area contributed by atoms with Crippen molar-refractivity contribution in [2.24, 2.45) is 16.7 Å². The summed E-state index contributed by atoms with van der Waals surface area (Å²) in [5, 5.41) is 26.3. The number of benzene rings is 2. The maximum Gasteiger partial charge on any atom is 0.344 e. The third kappa shape index (κ3) is 5.07. The number of rotatable bonds is 5. The van der Waals surface area contributed by atoms with Crippen molar-refractivity contribution in [2.45, 2.75) is 114 Å². The molecule has 1 spiro atoms. The van der Waals surface area contributed by atoms with Crippen LogP contribution in [0.5, 0.6) is 0 Å². The predicted molar refractivity (Wildman–Crippen MR) is 217 cm³/mol. The molecule has 300 valence electrons. The SMILES string of the molecule is CC[C@]1(O)C[C@@H]2CN(CCc3c([nH]c4ccccc34)[C@@](C)(c3cc4c(cc3C)N(C)[C@H]3C(O)(C(=O)OC)[C@H](OC(C)=O)[C@]5(CC)C=CCN6CC[C@@]3(C4)[C@@H]65)C2)C1. The Labute approximate surface area is 331 Å². The molecule has 0 amide bonds. The van der Waals surface area contributed by atoms with Crippen LogP contribution in [-0.2, 0) is 37.3 Å². The zero-order chi connectivity index (χ0) is 39.6. The average molecular weight is 765 g/mol. The smallest absolute Gasteiger partial charge is 0.344 e. The van der Waals surface area contributed by atoms with E-state index in [1.807, 2.05) is 7.05 Å². The van der Waals surface area contributed by atoms with Gasteiger partial charge in [-0.1, -0.05) is 50.3 Å². The summed E-state index contributed by atoms with van der Waals surface area (Å²) < 4.78 is 11.6. The van der Waals surface area contributed by atoms with Gasteiger partial charge in [-0.05, 0) is 106 Å². The van der Waals surface area contributed by atoms with E-state index in [0.717, 1.165) is 75.1 Å². The zero-order valence-corrected chi connectivity index (χ0v) is 34.3. The summed E-state index contributed by atoms with van der Waals surface area (Å²) in [5.74, 6) is -0.997.